The molecule has 0 fully saturated rings. The molecule has 0 aromatic heterocycles. The molecule has 0 spiro atoms. The average Bonchev–Trinajstić information content (AvgIpc) is 2.37. The number of carbonyl (C=O) groups is 2. The normalized spacial score (nSPS) is 11.7. The van der Waals surface area contributed by atoms with Crippen molar-refractivity contribution in [1.82, 2.24) is 5.32 Å². The Bertz CT molecular complexity index is 561. The molecule has 114 valence electrons. The monoisotopic (exact) mass is 314 g/mol. The number of carbonyl (C=O) groups excluding carboxylic acids is 1. The van der Waals surface area contributed by atoms with E-state index in [0.29, 0.717) is 12.8 Å². The minimum atomic E-state index is -0.879. The highest BCUT2D eigenvalue weighted by Gasteiger charge is 2.16. The summed E-state index contributed by atoms with van der Waals surface area (Å²) in [5.74, 6) is -1.29. The van der Waals surface area contributed by atoms with Gasteiger partial charge in [0.25, 0.3) is 11.6 Å². The summed E-state index contributed by atoms with van der Waals surface area (Å²) >= 11 is 5.74. The van der Waals surface area contributed by atoms with Crippen LogP contribution in [-0.2, 0) is 4.79 Å². The molecule has 0 radical (unpaired) electrons. The fraction of sp³-hybridized carbons (Fsp3) is 0.385. The maximum absolute atomic E-state index is 11.9. The summed E-state index contributed by atoms with van der Waals surface area (Å²) in [5.41, 5.74) is -0.0431. The molecule has 7 nitrogen and oxygen atoms in total. The van der Waals surface area contributed by atoms with Crippen molar-refractivity contribution in [2.45, 2.75) is 32.2 Å². The van der Waals surface area contributed by atoms with E-state index in [1.807, 2.05) is 0 Å². The molecule has 1 rings (SSSR count). The molecule has 0 saturated heterocycles. The van der Waals surface area contributed by atoms with Gasteiger partial charge in [0, 0.05) is 24.1 Å². The third-order valence-electron chi connectivity index (χ3n) is 2.81. The van der Waals surface area contributed by atoms with Crippen molar-refractivity contribution < 1.29 is 19.6 Å². The van der Waals surface area contributed by atoms with Crippen molar-refractivity contribution in [2.75, 3.05) is 0 Å². The molecule has 0 aliphatic rings. The van der Waals surface area contributed by atoms with Gasteiger partial charge >= 0.3 is 5.97 Å². The molecular formula is C13H15ClN2O5. The summed E-state index contributed by atoms with van der Waals surface area (Å²) in [5, 5.41) is 21.7. The van der Waals surface area contributed by atoms with Crippen LogP contribution in [0.5, 0.6) is 0 Å². The molecule has 1 atom stereocenters. The van der Waals surface area contributed by atoms with Gasteiger partial charge in [-0.05, 0) is 31.9 Å². The van der Waals surface area contributed by atoms with Crippen LogP contribution in [0.25, 0.3) is 0 Å². The summed E-state index contributed by atoms with van der Waals surface area (Å²) in [6.45, 7) is 1.76. The van der Waals surface area contributed by atoms with Gasteiger partial charge in [0.2, 0.25) is 0 Å². The fourth-order valence-electron chi connectivity index (χ4n) is 1.73. The van der Waals surface area contributed by atoms with E-state index >= 15 is 0 Å². The first-order chi connectivity index (χ1) is 9.81. The summed E-state index contributed by atoms with van der Waals surface area (Å²) in [6, 6.07) is 3.53. The third-order valence-corrected chi connectivity index (χ3v) is 3.11. The lowest BCUT2D eigenvalue weighted by Gasteiger charge is -2.13. The van der Waals surface area contributed by atoms with Gasteiger partial charge in [-0.1, -0.05) is 11.6 Å². The Hall–Kier alpha value is -2.15. The van der Waals surface area contributed by atoms with E-state index in [-0.39, 0.29) is 28.7 Å². The summed E-state index contributed by atoms with van der Waals surface area (Å²) in [7, 11) is 0. The average molecular weight is 315 g/mol. The molecule has 2 N–H and O–H groups in total. The number of halogens is 1. The maximum atomic E-state index is 11.9. The quantitative estimate of drug-likeness (QED) is 0.594. The van der Waals surface area contributed by atoms with E-state index in [4.69, 9.17) is 16.7 Å². The van der Waals surface area contributed by atoms with Crippen molar-refractivity contribution in [1.29, 1.82) is 0 Å². The first-order valence-electron chi connectivity index (χ1n) is 6.28. The van der Waals surface area contributed by atoms with Crippen LogP contribution in [0.2, 0.25) is 5.02 Å². The van der Waals surface area contributed by atoms with Crippen molar-refractivity contribution >= 4 is 29.2 Å². The highest BCUT2D eigenvalue weighted by atomic mass is 35.5. The Kier molecular flexibility index (Phi) is 6.10. The predicted molar refractivity (Wildman–Crippen MR) is 76.5 cm³/mol. The fourth-order valence-corrected chi connectivity index (χ4v) is 1.98. The number of aliphatic carboxylic acids is 1. The second kappa shape index (κ2) is 7.58. The van der Waals surface area contributed by atoms with E-state index in [1.54, 1.807) is 6.92 Å². The van der Waals surface area contributed by atoms with Crippen LogP contribution in [0.3, 0.4) is 0 Å². The van der Waals surface area contributed by atoms with Gasteiger partial charge in [-0.3, -0.25) is 19.7 Å². The molecule has 1 aromatic carbocycles. The summed E-state index contributed by atoms with van der Waals surface area (Å²) in [4.78, 5) is 32.3. The zero-order valence-corrected chi connectivity index (χ0v) is 12.1. The Morgan fingerprint density at radius 3 is 2.67 bits per heavy atom. The molecule has 1 aromatic rings. The Balaban J connectivity index is 2.61. The summed E-state index contributed by atoms with van der Waals surface area (Å²) in [6.07, 6.45) is 1.03. The smallest absolute Gasteiger partial charge is 0.303 e. The van der Waals surface area contributed by atoms with Gasteiger partial charge in [0.15, 0.2) is 0 Å². The van der Waals surface area contributed by atoms with Crippen LogP contribution in [0.4, 0.5) is 5.69 Å². The van der Waals surface area contributed by atoms with Crippen LogP contribution in [0.1, 0.15) is 36.5 Å². The summed E-state index contributed by atoms with van der Waals surface area (Å²) < 4.78 is 0. The second-order valence-electron chi connectivity index (χ2n) is 4.58. The Labute approximate surface area is 126 Å². The Morgan fingerprint density at radius 2 is 2.14 bits per heavy atom. The molecule has 21 heavy (non-hydrogen) atoms. The van der Waals surface area contributed by atoms with Crippen molar-refractivity contribution in [3.63, 3.8) is 0 Å². The molecule has 0 saturated carbocycles. The van der Waals surface area contributed by atoms with Crippen LogP contribution >= 0.6 is 11.6 Å². The number of hydrogen-bond donors (Lipinski definition) is 2. The lowest BCUT2D eigenvalue weighted by Crippen LogP contribution is -2.32. The first kappa shape index (κ1) is 16.9. The van der Waals surface area contributed by atoms with Gasteiger partial charge in [-0.15, -0.1) is 0 Å². The molecule has 0 aliphatic heterocycles. The molecule has 8 heteroatoms. The minimum Gasteiger partial charge on any atom is -0.481 e. The zero-order chi connectivity index (χ0) is 16.0. The molecule has 1 unspecified atom stereocenters. The van der Waals surface area contributed by atoms with E-state index in [2.05, 4.69) is 5.32 Å². The largest absolute Gasteiger partial charge is 0.481 e. The maximum Gasteiger partial charge on any atom is 0.303 e. The van der Waals surface area contributed by atoms with Crippen molar-refractivity contribution in [2.24, 2.45) is 0 Å². The molecular weight excluding hydrogens is 300 g/mol. The molecule has 0 aliphatic carbocycles. The number of rotatable bonds is 7. The van der Waals surface area contributed by atoms with Crippen molar-refractivity contribution in [3.8, 4) is 0 Å². The van der Waals surface area contributed by atoms with Gasteiger partial charge in [-0.25, -0.2) is 0 Å². The number of benzene rings is 1. The van der Waals surface area contributed by atoms with E-state index in [9.17, 15) is 19.7 Å². The molecule has 1 amide bonds. The Morgan fingerprint density at radius 1 is 1.48 bits per heavy atom. The predicted octanol–water partition coefficient (Wildman–Crippen LogP) is 2.62. The standard InChI is InChI=1S/C13H15ClN2O5/c1-8(3-2-4-12(17)18)15-13(19)9-5-6-11(16(20)21)10(14)7-9/h5-8H,2-4H2,1H3,(H,15,19)(H,17,18). The van der Waals surface area contributed by atoms with E-state index in [0.717, 1.165) is 0 Å². The number of nitrogens with zero attached hydrogens (tertiary/aromatic N) is 1. The van der Waals surface area contributed by atoms with Gasteiger partial charge in [0.1, 0.15) is 5.02 Å². The van der Waals surface area contributed by atoms with Crippen LogP contribution in [0, 0.1) is 10.1 Å². The zero-order valence-electron chi connectivity index (χ0n) is 11.3. The van der Waals surface area contributed by atoms with Gasteiger partial charge < -0.3 is 10.4 Å². The highest BCUT2D eigenvalue weighted by Crippen LogP contribution is 2.24. The molecule has 0 bridgehead atoms. The first-order valence-corrected chi connectivity index (χ1v) is 6.65. The SMILES string of the molecule is CC(CCCC(=O)O)NC(=O)c1ccc([N+](=O)[O-])c(Cl)c1. The topological polar surface area (TPSA) is 110 Å². The van der Waals surface area contributed by atoms with Crippen molar-refractivity contribution in [3.05, 3.63) is 38.9 Å². The number of nitrogens with one attached hydrogen (secondary N) is 1. The highest BCUT2D eigenvalue weighted by molar-refractivity contribution is 6.33. The minimum absolute atomic E-state index is 0.0452. The lowest BCUT2D eigenvalue weighted by molar-refractivity contribution is -0.384. The van der Waals surface area contributed by atoms with Crippen LogP contribution < -0.4 is 5.32 Å². The van der Waals surface area contributed by atoms with E-state index in [1.165, 1.54) is 18.2 Å². The van der Waals surface area contributed by atoms with Crippen LogP contribution in [-0.4, -0.2) is 27.9 Å². The molecule has 0 heterocycles. The lowest BCUT2D eigenvalue weighted by atomic mass is 10.1. The van der Waals surface area contributed by atoms with E-state index < -0.39 is 16.8 Å². The number of hydrogen-bond acceptors (Lipinski definition) is 4. The number of amides is 1. The number of carboxylic acid groups (broad SMARTS) is 1. The third kappa shape index (κ3) is 5.39. The number of nitro benzene ring substituents is 1. The number of nitro groups is 1. The van der Waals surface area contributed by atoms with Crippen LogP contribution in [0.15, 0.2) is 18.2 Å². The number of carboxylic acids is 1. The van der Waals surface area contributed by atoms with Gasteiger partial charge in [0.05, 0.1) is 4.92 Å². The van der Waals surface area contributed by atoms with Gasteiger partial charge in [-0.2, -0.15) is 0 Å². The second-order valence-corrected chi connectivity index (χ2v) is 4.99.